The Hall–Kier alpha value is -1.33. The molecule has 0 aromatic carbocycles. The lowest BCUT2D eigenvalue weighted by molar-refractivity contribution is 0.486. The molecule has 0 fully saturated rings. The molecule has 14 heavy (non-hydrogen) atoms. The van der Waals surface area contributed by atoms with Gasteiger partial charge in [0.15, 0.2) is 0 Å². The van der Waals surface area contributed by atoms with E-state index < -0.39 is 0 Å². The number of hydrogen-bond donors (Lipinski definition) is 1. The summed E-state index contributed by atoms with van der Waals surface area (Å²) in [6.45, 7) is 6.68. The Morgan fingerprint density at radius 1 is 1.50 bits per heavy atom. The smallest absolute Gasteiger partial charge is 0.0744 e. The maximum atomic E-state index is 5.36. The van der Waals surface area contributed by atoms with Gasteiger partial charge in [-0.3, -0.25) is 10.3 Å². The van der Waals surface area contributed by atoms with Gasteiger partial charge in [0.05, 0.1) is 11.2 Å². The Kier molecular flexibility index (Phi) is 3.27. The van der Waals surface area contributed by atoms with Crippen molar-refractivity contribution in [3.63, 3.8) is 0 Å². The highest BCUT2D eigenvalue weighted by Crippen LogP contribution is 2.03. The van der Waals surface area contributed by atoms with Crippen molar-refractivity contribution in [1.82, 2.24) is 10.3 Å². The number of nitrogens with zero attached hydrogens (tertiary/aromatic N) is 1. The molecular formula is C12H16N2. The highest BCUT2D eigenvalue weighted by molar-refractivity contribution is 5.14. The first kappa shape index (κ1) is 10.7. The zero-order chi connectivity index (χ0) is 10.6. The van der Waals surface area contributed by atoms with Gasteiger partial charge in [-0.15, -0.1) is 6.42 Å². The van der Waals surface area contributed by atoms with Crippen LogP contribution >= 0.6 is 0 Å². The van der Waals surface area contributed by atoms with Crippen LogP contribution in [0.3, 0.4) is 0 Å². The predicted octanol–water partition coefficient (Wildman–Crippen LogP) is 1.89. The van der Waals surface area contributed by atoms with E-state index in [1.165, 1.54) is 5.56 Å². The van der Waals surface area contributed by atoms with Crippen LogP contribution in [-0.2, 0) is 6.54 Å². The van der Waals surface area contributed by atoms with E-state index in [0.29, 0.717) is 6.54 Å². The fraction of sp³-hybridized carbons (Fsp3) is 0.417. The lowest BCUT2D eigenvalue weighted by Crippen LogP contribution is -2.37. The van der Waals surface area contributed by atoms with Gasteiger partial charge < -0.3 is 0 Å². The van der Waals surface area contributed by atoms with Crippen LogP contribution < -0.4 is 5.32 Å². The second-order valence-corrected chi connectivity index (χ2v) is 3.95. The quantitative estimate of drug-likeness (QED) is 0.733. The number of aryl methyl sites for hydroxylation is 1. The lowest BCUT2D eigenvalue weighted by Gasteiger charge is -2.19. The largest absolute Gasteiger partial charge is 0.296 e. The standard InChI is InChI=1S/C12H16N2/c1-5-12(3,4)14-9-11-7-6-10(2)8-13-11/h1,6-8,14H,9H2,2-4H3. The summed E-state index contributed by atoms with van der Waals surface area (Å²) < 4.78 is 0. The van der Waals surface area contributed by atoms with Crippen LogP contribution in [0.2, 0.25) is 0 Å². The van der Waals surface area contributed by atoms with Crippen molar-refractivity contribution >= 4 is 0 Å². The molecule has 0 aliphatic heterocycles. The van der Waals surface area contributed by atoms with Crippen LogP contribution in [0.4, 0.5) is 0 Å². The summed E-state index contributed by atoms with van der Waals surface area (Å²) in [7, 11) is 0. The molecule has 1 aromatic rings. The SMILES string of the molecule is C#CC(C)(C)NCc1ccc(C)cn1. The Bertz CT molecular complexity index is 330. The molecule has 1 rings (SSSR count). The third-order valence-electron chi connectivity index (χ3n) is 2.04. The number of terminal acetylenes is 1. The van der Waals surface area contributed by atoms with Gasteiger partial charge >= 0.3 is 0 Å². The van der Waals surface area contributed by atoms with Crippen molar-refractivity contribution in [2.75, 3.05) is 0 Å². The maximum absolute atomic E-state index is 5.36. The predicted molar refractivity (Wildman–Crippen MR) is 58.7 cm³/mol. The number of rotatable bonds is 3. The van der Waals surface area contributed by atoms with Crippen LogP contribution in [-0.4, -0.2) is 10.5 Å². The number of aromatic nitrogens is 1. The van der Waals surface area contributed by atoms with E-state index in [-0.39, 0.29) is 5.54 Å². The zero-order valence-corrected chi connectivity index (χ0v) is 8.96. The van der Waals surface area contributed by atoms with Gasteiger partial charge in [0.1, 0.15) is 0 Å². The molecule has 0 aliphatic carbocycles. The molecule has 0 saturated heterocycles. The first-order chi connectivity index (χ1) is 6.53. The Morgan fingerprint density at radius 3 is 2.71 bits per heavy atom. The van der Waals surface area contributed by atoms with E-state index in [0.717, 1.165) is 5.69 Å². The minimum atomic E-state index is -0.271. The van der Waals surface area contributed by atoms with Gasteiger partial charge in [0.2, 0.25) is 0 Å². The van der Waals surface area contributed by atoms with E-state index in [1.54, 1.807) is 0 Å². The summed E-state index contributed by atoms with van der Waals surface area (Å²) in [5.41, 5.74) is 1.91. The summed E-state index contributed by atoms with van der Waals surface area (Å²) in [5, 5.41) is 3.25. The third-order valence-corrected chi connectivity index (χ3v) is 2.04. The monoisotopic (exact) mass is 188 g/mol. The normalized spacial score (nSPS) is 11.0. The summed E-state index contributed by atoms with van der Waals surface area (Å²) in [6.07, 6.45) is 7.22. The van der Waals surface area contributed by atoms with Crippen LogP contribution in [0, 0.1) is 19.3 Å². The zero-order valence-electron chi connectivity index (χ0n) is 8.96. The Labute approximate surface area is 85.8 Å². The molecule has 1 heterocycles. The van der Waals surface area contributed by atoms with Crippen molar-refractivity contribution in [2.24, 2.45) is 0 Å². The first-order valence-corrected chi connectivity index (χ1v) is 4.68. The van der Waals surface area contributed by atoms with E-state index in [9.17, 15) is 0 Å². The molecule has 1 N–H and O–H groups in total. The fourth-order valence-corrected chi connectivity index (χ4v) is 0.966. The molecule has 0 spiro atoms. The van der Waals surface area contributed by atoms with Gasteiger partial charge in [0, 0.05) is 12.7 Å². The fourth-order valence-electron chi connectivity index (χ4n) is 0.966. The molecule has 0 bridgehead atoms. The van der Waals surface area contributed by atoms with Crippen LogP contribution in [0.5, 0.6) is 0 Å². The summed E-state index contributed by atoms with van der Waals surface area (Å²) in [4.78, 5) is 4.28. The average Bonchev–Trinajstić information content (AvgIpc) is 2.17. The molecule has 0 saturated carbocycles. The molecular weight excluding hydrogens is 172 g/mol. The molecule has 2 heteroatoms. The molecule has 1 aromatic heterocycles. The number of pyridine rings is 1. The summed E-state index contributed by atoms with van der Waals surface area (Å²) >= 11 is 0. The van der Waals surface area contributed by atoms with E-state index in [2.05, 4.69) is 16.2 Å². The Balaban J connectivity index is 2.55. The van der Waals surface area contributed by atoms with E-state index in [4.69, 9.17) is 6.42 Å². The summed E-state index contributed by atoms with van der Waals surface area (Å²) in [6, 6.07) is 4.06. The van der Waals surface area contributed by atoms with Crippen LogP contribution in [0.1, 0.15) is 25.1 Å². The van der Waals surface area contributed by atoms with Crippen molar-refractivity contribution in [1.29, 1.82) is 0 Å². The maximum Gasteiger partial charge on any atom is 0.0744 e. The van der Waals surface area contributed by atoms with Crippen LogP contribution in [0.25, 0.3) is 0 Å². The van der Waals surface area contributed by atoms with Gasteiger partial charge in [-0.2, -0.15) is 0 Å². The third kappa shape index (κ3) is 3.20. The summed E-state index contributed by atoms with van der Waals surface area (Å²) in [5.74, 6) is 2.68. The topological polar surface area (TPSA) is 24.9 Å². The minimum absolute atomic E-state index is 0.271. The second-order valence-electron chi connectivity index (χ2n) is 3.95. The van der Waals surface area contributed by atoms with E-state index >= 15 is 0 Å². The molecule has 0 radical (unpaired) electrons. The molecule has 0 atom stereocenters. The van der Waals surface area contributed by atoms with Gasteiger partial charge in [-0.1, -0.05) is 12.0 Å². The first-order valence-electron chi connectivity index (χ1n) is 4.68. The van der Waals surface area contributed by atoms with Crippen molar-refractivity contribution < 1.29 is 0 Å². The van der Waals surface area contributed by atoms with Crippen molar-refractivity contribution in [2.45, 2.75) is 32.9 Å². The number of nitrogens with one attached hydrogen (secondary N) is 1. The van der Waals surface area contributed by atoms with Gasteiger partial charge in [-0.05, 0) is 32.4 Å². The molecule has 0 aliphatic rings. The molecule has 0 unspecified atom stereocenters. The average molecular weight is 188 g/mol. The van der Waals surface area contributed by atoms with Gasteiger partial charge in [0.25, 0.3) is 0 Å². The molecule has 0 amide bonds. The number of hydrogen-bond acceptors (Lipinski definition) is 2. The van der Waals surface area contributed by atoms with Crippen molar-refractivity contribution in [3.05, 3.63) is 29.6 Å². The van der Waals surface area contributed by atoms with Crippen molar-refractivity contribution in [3.8, 4) is 12.3 Å². The second kappa shape index (κ2) is 4.26. The van der Waals surface area contributed by atoms with Crippen LogP contribution in [0.15, 0.2) is 18.3 Å². The minimum Gasteiger partial charge on any atom is -0.296 e. The molecule has 74 valence electrons. The highest BCUT2D eigenvalue weighted by Gasteiger charge is 2.11. The molecule has 2 nitrogen and oxygen atoms in total. The highest BCUT2D eigenvalue weighted by atomic mass is 15.0. The van der Waals surface area contributed by atoms with Gasteiger partial charge in [-0.25, -0.2) is 0 Å². The lowest BCUT2D eigenvalue weighted by atomic mass is 10.1. The van der Waals surface area contributed by atoms with E-state index in [1.807, 2.05) is 39.1 Å². The Morgan fingerprint density at radius 2 is 2.21 bits per heavy atom.